The molecule has 1 atom stereocenters. The van der Waals surface area contributed by atoms with E-state index in [4.69, 9.17) is 4.74 Å². The third-order valence-electron chi connectivity index (χ3n) is 1.21. The smallest absolute Gasteiger partial charge is 0.126 e. The average Bonchev–Trinajstić information content (AvgIpc) is 1.79. The maximum absolute atomic E-state index is 9.35. The molecule has 0 rings (SSSR count). The van der Waals surface area contributed by atoms with Crippen LogP contribution in [0.1, 0.15) is 0 Å². The topological polar surface area (TPSA) is 29.5 Å². The summed E-state index contributed by atoms with van der Waals surface area (Å²) in [7, 11) is 6.11. The molecule has 0 aromatic heterocycles. The second-order valence-corrected chi connectivity index (χ2v) is 3.70. The fourth-order valence-electron chi connectivity index (χ4n) is 0.904. The Kier molecular flexibility index (Phi) is 4.65. The van der Waals surface area contributed by atoms with Gasteiger partial charge in [0.15, 0.2) is 0 Å². The van der Waals surface area contributed by atoms with Crippen LogP contribution >= 0.6 is 0 Å². The second kappa shape index (κ2) is 4.70. The molecule has 1 unspecified atom stereocenters. The van der Waals surface area contributed by atoms with Crippen LogP contribution in [0, 0.1) is 6.92 Å². The lowest BCUT2D eigenvalue weighted by atomic mass is 10.3. The van der Waals surface area contributed by atoms with E-state index in [0.29, 0.717) is 19.8 Å². The van der Waals surface area contributed by atoms with E-state index in [0.717, 1.165) is 4.48 Å². The normalized spacial score (nSPS) is 15.0. The number of aliphatic hydroxyl groups is 1. The van der Waals surface area contributed by atoms with Gasteiger partial charge in [-0.2, -0.15) is 0 Å². The molecule has 0 aromatic carbocycles. The fourth-order valence-corrected chi connectivity index (χ4v) is 0.904. The van der Waals surface area contributed by atoms with Crippen LogP contribution < -0.4 is 0 Å². The first-order valence-electron chi connectivity index (χ1n) is 3.81. The Morgan fingerprint density at radius 1 is 1.45 bits per heavy atom. The van der Waals surface area contributed by atoms with Crippen LogP contribution in [0.5, 0.6) is 0 Å². The summed E-state index contributed by atoms with van der Waals surface area (Å²) < 4.78 is 5.72. The lowest BCUT2D eigenvalue weighted by Gasteiger charge is -2.26. The van der Waals surface area contributed by atoms with Crippen molar-refractivity contribution in [3.63, 3.8) is 0 Å². The van der Waals surface area contributed by atoms with Gasteiger partial charge in [-0.05, 0) is 6.92 Å². The summed E-state index contributed by atoms with van der Waals surface area (Å²) in [5, 5.41) is 9.35. The highest BCUT2D eigenvalue weighted by atomic mass is 16.5. The monoisotopic (exact) mass is 161 g/mol. The summed E-state index contributed by atoms with van der Waals surface area (Å²) in [5.74, 6) is 0. The van der Waals surface area contributed by atoms with Crippen molar-refractivity contribution in [1.29, 1.82) is 0 Å². The van der Waals surface area contributed by atoms with Crippen molar-refractivity contribution >= 4 is 0 Å². The van der Waals surface area contributed by atoms with Crippen molar-refractivity contribution < 1.29 is 14.3 Å². The van der Waals surface area contributed by atoms with Crippen LogP contribution in [0.25, 0.3) is 0 Å². The van der Waals surface area contributed by atoms with E-state index in [-0.39, 0.29) is 6.10 Å². The highest BCUT2D eigenvalue weighted by Crippen LogP contribution is 1.95. The van der Waals surface area contributed by atoms with Gasteiger partial charge >= 0.3 is 0 Å². The highest BCUT2D eigenvalue weighted by Gasteiger charge is 2.14. The molecule has 0 heterocycles. The Morgan fingerprint density at radius 3 is 2.36 bits per heavy atom. The number of quaternary nitrogens is 1. The van der Waals surface area contributed by atoms with Crippen molar-refractivity contribution in [2.24, 2.45) is 0 Å². The zero-order chi connectivity index (χ0) is 8.91. The van der Waals surface area contributed by atoms with E-state index in [1.807, 2.05) is 21.1 Å². The molecule has 11 heavy (non-hydrogen) atoms. The first kappa shape index (κ1) is 10.9. The summed E-state index contributed by atoms with van der Waals surface area (Å²) in [5.41, 5.74) is 0. The first-order chi connectivity index (χ1) is 4.95. The summed E-state index contributed by atoms with van der Waals surface area (Å²) in [6, 6.07) is 0. The minimum Gasteiger partial charge on any atom is -0.385 e. The molecule has 0 spiro atoms. The minimum absolute atomic E-state index is 0.378. The van der Waals surface area contributed by atoms with Crippen molar-refractivity contribution in [3.05, 3.63) is 6.92 Å². The highest BCUT2D eigenvalue weighted by molar-refractivity contribution is 4.50. The van der Waals surface area contributed by atoms with Gasteiger partial charge < -0.3 is 14.3 Å². The van der Waals surface area contributed by atoms with Gasteiger partial charge in [-0.25, -0.2) is 0 Å². The first-order valence-corrected chi connectivity index (χ1v) is 3.81. The van der Waals surface area contributed by atoms with Crippen molar-refractivity contribution in [2.75, 3.05) is 40.9 Å². The number of nitrogens with zero attached hydrogens (tertiary/aromatic N) is 1. The number of aliphatic hydroxyl groups excluding tert-OH is 1. The largest absolute Gasteiger partial charge is 0.385 e. The van der Waals surface area contributed by atoms with E-state index in [9.17, 15) is 5.11 Å². The molecular formula is C8H19NO2+. The summed E-state index contributed by atoms with van der Waals surface area (Å²) in [6.45, 7) is 5.04. The molecule has 0 saturated heterocycles. The lowest BCUT2D eigenvalue weighted by Crippen LogP contribution is -2.42. The molecule has 0 aliphatic heterocycles. The Bertz CT molecular complexity index is 98.8. The quantitative estimate of drug-likeness (QED) is 0.571. The zero-order valence-electron chi connectivity index (χ0n) is 7.71. The number of rotatable bonds is 5. The van der Waals surface area contributed by atoms with Crippen LogP contribution in [-0.4, -0.2) is 56.6 Å². The van der Waals surface area contributed by atoms with Gasteiger partial charge in [-0.3, -0.25) is 0 Å². The number of likely N-dealkylation sites (N-methyl/N-ethyl adjacent to an activating group) is 1. The molecule has 1 N–H and O–H groups in total. The predicted molar refractivity (Wildman–Crippen MR) is 45.1 cm³/mol. The van der Waals surface area contributed by atoms with E-state index in [1.54, 1.807) is 0 Å². The van der Waals surface area contributed by atoms with Crippen LogP contribution in [0.2, 0.25) is 0 Å². The third kappa shape index (κ3) is 7.78. The van der Waals surface area contributed by atoms with Gasteiger partial charge in [0.1, 0.15) is 12.6 Å². The summed E-state index contributed by atoms with van der Waals surface area (Å²) >= 11 is 0. The average molecular weight is 161 g/mol. The van der Waals surface area contributed by atoms with E-state index in [1.165, 1.54) is 0 Å². The molecule has 3 heteroatoms. The van der Waals surface area contributed by atoms with E-state index < -0.39 is 0 Å². The predicted octanol–water partition coefficient (Wildman–Crippen LogP) is -0.0958. The maximum atomic E-state index is 9.35. The molecule has 1 radical (unpaired) electrons. The Morgan fingerprint density at radius 2 is 2.00 bits per heavy atom. The Labute approximate surface area is 69.2 Å². The van der Waals surface area contributed by atoms with Crippen molar-refractivity contribution in [3.8, 4) is 0 Å². The van der Waals surface area contributed by atoms with Gasteiger partial charge in [0.25, 0.3) is 0 Å². The molecule has 3 nitrogen and oxygen atoms in total. The van der Waals surface area contributed by atoms with Gasteiger partial charge in [-0.15, -0.1) is 0 Å². The molecule has 0 aliphatic carbocycles. The number of hydrogen-bond acceptors (Lipinski definition) is 2. The standard InChI is InChI=1S/C8H19NO2/c1-5-11-7-8(10)6-9(2,3)4/h8,10H,1,5-7H2,2-4H3/q+1. The Hall–Kier alpha value is -0.120. The van der Waals surface area contributed by atoms with Gasteiger partial charge in [0.2, 0.25) is 0 Å². The molecule has 0 aromatic rings. The van der Waals surface area contributed by atoms with Crippen LogP contribution in [0.15, 0.2) is 0 Å². The molecular weight excluding hydrogens is 142 g/mol. The van der Waals surface area contributed by atoms with Crippen molar-refractivity contribution in [1.82, 2.24) is 0 Å². The van der Waals surface area contributed by atoms with Crippen LogP contribution in [0.3, 0.4) is 0 Å². The summed E-state index contributed by atoms with van der Waals surface area (Å²) in [4.78, 5) is 0. The van der Waals surface area contributed by atoms with E-state index in [2.05, 4.69) is 6.92 Å². The summed E-state index contributed by atoms with van der Waals surface area (Å²) in [6.07, 6.45) is -0.378. The minimum atomic E-state index is -0.378. The molecule has 67 valence electrons. The molecule has 0 amide bonds. The Balaban J connectivity index is 3.44. The lowest BCUT2D eigenvalue weighted by molar-refractivity contribution is -0.873. The van der Waals surface area contributed by atoms with Crippen LogP contribution in [-0.2, 0) is 4.74 Å². The van der Waals surface area contributed by atoms with Crippen LogP contribution in [0.4, 0.5) is 0 Å². The molecule has 0 saturated carbocycles. The van der Waals surface area contributed by atoms with Gasteiger partial charge in [0, 0.05) is 6.61 Å². The third-order valence-corrected chi connectivity index (χ3v) is 1.21. The van der Waals surface area contributed by atoms with Gasteiger partial charge in [-0.1, -0.05) is 0 Å². The molecule has 0 bridgehead atoms. The second-order valence-electron chi connectivity index (χ2n) is 3.70. The van der Waals surface area contributed by atoms with E-state index >= 15 is 0 Å². The fraction of sp³-hybridized carbons (Fsp3) is 0.875. The van der Waals surface area contributed by atoms with Crippen molar-refractivity contribution in [2.45, 2.75) is 6.10 Å². The molecule has 0 fully saturated rings. The molecule has 0 aliphatic rings. The number of hydrogen-bond donors (Lipinski definition) is 1. The SMILES string of the molecule is [CH2]COCC(O)C[N+](C)(C)C. The van der Waals surface area contributed by atoms with Gasteiger partial charge in [0.05, 0.1) is 27.7 Å². The maximum Gasteiger partial charge on any atom is 0.126 e. The zero-order valence-corrected chi connectivity index (χ0v) is 7.71. The number of ether oxygens (including phenoxy) is 1.